The minimum atomic E-state index is -0.143. The van der Waals surface area contributed by atoms with Crippen LogP contribution in [-0.4, -0.2) is 5.91 Å². The largest absolute Gasteiger partial charge is 0.329 e. The standard InChI is InChI=1S/C14H25NO/c1-3-5-6-7-8-9-10-11-12-13-15-14(16)4-2/h4,12-13H,2-3,5-11H2,1H3,(H,15,16). The average Bonchev–Trinajstić information content (AvgIpc) is 2.31. The van der Waals surface area contributed by atoms with Gasteiger partial charge in [0.25, 0.3) is 0 Å². The lowest BCUT2D eigenvalue weighted by Gasteiger charge is -1.98. The van der Waals surface area contributed by atoms with E-state index in [0.29, 0.717) is 0 Å². The van der Waals surface area contributed by atoms with Crippen LogP contribution in [0.3, 0.4) is 0 Å². The second-order valence-electron chi connectivity index (χ2n) is 4.03. The molecule has 2 heteroatoms. The fourth-order valence-corrected chi connectivity index (χ4v) is 1.50. The first-order valence-corrected chi connectivity index (χ1v) is 6.39. The van der Waals surface area contributed by atoms with Gasteiger partial charge in [-0.1, -0.05) is 58.1 Å². The van der Waals surface area contributed by atoms with E-state index in [1.807, 2.05) is 6.08 Å². The van der Waals surface area contributed by atoms with Crippen LogP contribution >= 0.6 is 0 Å². The molecule has 0 heterocycles. The fourth-order valence-electron chi connectivity index (χ4n) is 1.50. The van der Waals surface area contributed by atoms with Crippen LogP contribution < -0.4 is 5.32 Å². The molecule has 0 saturated heterocycles. The molecular formula is C14H25NO. The van der Waals surface area contributed by atoms with E-state index < -0.39 is 0 Å². The van der Waals surface area contributed by atoms with E-state index in [-0.39, 0.29) is 5.91 Å². The maximum atomic E-state index is 10.8. The number of allylic oxidation sites excluding steroid dienone is 1. The molecule has 0 rings (SSSR count). The Hall–Kier alpha value is -1.05. The molecule has 0 atom stereocenters. The van der Waals surface area contributed by atoms with Crippen LogP contribution in [0, 0.1) is 0 Å². The van der Waals surface area contributed by atoms with Gasteiger partial charge >= 0.3 is 0 Å². The topological polar surface area (TPSA) is 29.1 Å². The lowest BCUT2D eigenvalue weighted by molar-refractivity contribution is -0.115. The summed E-state index contributed by atoms with van der Waals surface area (Å²) in [7, 11) is 0. The minimum Gasteiger partial charge on any atom is -0.329 e. The third-order valence-electron chi connectivity index (χ3n) is 2.50. The van der Waals surface area contributed by atoms with Gasteiger partial charge in [0.2, 0.25) is 5.91 Å². The Morgan fingerprint density at radius 2 is 1.75 bits per heavy atom. The quantitative estimate of drug-likeness (QED) is 0.441. The highest BCUT2D eigenvalue weighted by atomic mass is 16.1. The van der Waals surface area contributed by atoms with Crippen LogP contribution in [0.5, 0.6) is 0 Å². The van der Waals surface area contributed by atoms with Gasteiger partial charge < -0.3 is 5.32 Å². The van der Waals surface area contributed by atoms with E-state index >= 15 is 0 Å². The fraction of sp³-hybridized carbons (Fsp3) is 0.643. The number of nitrogens with one attached hydrogen (secondary N) is 1. The third-order valence-corrected chi connectivity index (χ3v) is 2.50. The zero-order chi connectivity index (χ0) is 12.1. The number of hydrogen-bond donors (Lipinski definition) is 1. The molecule has 0 saturated carbocycles. The van der Waals surface area contributed by atoms with Crippen LogP contribution in [0.25, 0.3) is 0 Å². The number of carbonyl (C=O) groups is 1. The lowest BCUT2D eigenvalue weighted by atomic mass is 10.1. The molecule has 0 spiro atoms. The molecule has 0 aliphatic carbocycles. The van der Waals surface area contributed by atoms with Gasteiger partial charge in [0.05, 0.1) is 0 Å². The number of rotatable bonds is 10. The van der Waals surface area contributed by atoms with Gasteiger partial charge in [-0.25, -0.2) is 0 Å². The third kappa shape index (κ3) is 11.0. The first-order chi connectivity index (χ1) is 7.81. The van der Waals surface area contributed by atoms with Crippen LogP contribution in [0.1, 0.15) is 58.3 Å². The number of unbranched alkanes of at least 4 members (excludes halogenated alkanes) is 7. The monoisotopic (exact) mass is 223 g/mol. The first kappa shape index (κ1) is 14.9. The van der Waals surface area contributed by atoms with Crippen molar-refractivity contribution >= 4 is 5.91 Å². The van der Waals surface area contributed by atoms with Gasteiger partial charge in [-0.3, -0.25) is 4.79 Å². The predicted molar refractivity (Wildman–Crippen MR) is 70.1 cm³/mol. The van der Waals surface area contributed by atoms with Crippen LogP contribution in [0.4, 0.5) is 0 Å². The van der Waals surface area contributed by atoms with Crippen molar-refractivity contribution in [2.24, 2.45) is 0 Å². The molecule has 0 aliphatic heterocycles. The lowest BCUT2D eigenvalue weighted by Crippen LogP contribution is -2.12. The number of hydrogen-bond acceptors (Lipinski definition) is 1. The van der Waals surface area contributed by atoms with E-state index in [1.165, 1.54) is 51.0 Å². The molecule has 0 aliphatic rings. The highest BCUT2D eigenvalue weighted by Gasteiger charge is 1.89. The van der Waals surface area contributed by atoms with Crippen molar-refractivity contribution in [3.8, 4) is 0 Å². The van der Waals surface area contributed by atoms with Crippen molar-refractivity contribution < 1.29 is 4.79 Å². The summed E-state index contributed by atoms with van der Waals surface area (Å²) < 4.78 is 0. The molecule has 0 aromatic heterocycles. The zero-order valence-corrected chi connectivity index (χ0v) is 10.5. The van der Waals surface area contributed by atoms with Crippen molar-refractivity contribution in [3.63, 3.8) is 0 Å². The van der Waals surface area contributed by atoms with Gasteiger partial charge in [-0.15, -0.1) is 0 Å². The van der Waals surface area contributed by atoms with Crippen LogP contribution in [0.2, 0.25) is 0 Å². The summed E-state index contributed by atoms with van der Waals surface area (Å²) in [6.07, 6.45) is 15.3. The average molecular weight is 223 g/mol. The van der Waals surface area contributed by atoms with Crippen molar-refractivity contribution in [2.75, 3.05) is 0 Å². The molecular weight excluding hydrogens is 198 g/mol. The molecule has 0 fully saturated rings. The molecule has 0 radical (unpaired) electrons. The van der Waals surface area contributed by atoms with Gasteiger partial charge in [-0.05, 0) is 18.9 Å². The highest BCUT2D eigenvalue weighted by Crippen LogP contribution is 2.08. The predicted octanol–water partition coefficient (Wildman–Crippen LogP) is 3.94. The number of amides is 1. The molecule has 2 nitrogen and oxygen atoms in total. The molecule has 1 amide bonds. The molecule has 92 valence electrons. The highest BCUT2D eigenvalue weighted by molar-refractivity contribution is 5.87. The molecule has 1 N–H and O–H groups in total. The van der Waals surface area contributed by atoms with Crippen molar-refractivity contribution in [3.05, 3.63) is 24.9 Å². The van der Waals surface area contributed by atoms with Gasteiger partial charge in [-0.2, -0.15) is 0 Å². The summed E-state index contributed by atoms with van der Waals surface area (Å²) in [5, 5.41) is 2.61. The Labute approximate surface area is 99.8 Å². The summed E-state index contributed by atoms with van der Waals surface area (Å²) in [4.78, 5) is 10.8. The summed E-state index contributed by atoms with van der Waals surface area (Å²) in [6, 6.07) is 0. The van der Waals surface area contributed by atoms with Gasteiger partial charge in [0.1, 0.15) is 0 Å². The van der Waals surface area contributed by atoms with Crippen molar-refractivity contribution in [1.29, 1.82) is 0 Å². The zero-order valence-electron chi connectivity index (χ0n) is 10.5. The Kier molecular flexibility index (Phi) is 11.2. The molecule has 0 unspecified atom stereocenters. The van der Waals surface area contributed by atoms with E-state index in [2.05, 4.69) is 18.8 Å². The van der Waals surface area contributed by atoms with E-state index in [0.717, 1.165) is 6.42 Å². The Morgan fingerprint density at radius 1 is 1.12 bits per heavy atom. The van der Waals surface area contributed by atoms with Crippen molar-refractivity contribution in [2.45, 2.75) is 58.3 Å². The summed E-state index contributed by atoms with van der Waals surface area (Å²) in [5.74, 6) is -0.143. The molecule has 0 aromatic rings. The Bertz CT molecular complexity index is 209. The normalized spacial score (nSPS) is 10.6. The minimum absolute atomic E-state index is 0.143. The Morgan fingerprint density at radius 3 is 2.38 bits per heavy atom. The summed E-state index contributed by atoms with van der Waals surface area (Å²) >= 11 is 0. The van der Waals surface area contributed by atoms with Crippen molar-refractivity contribution in [1.82, 2.24) is 5.32 Å². The Balaban J connectivity index is 3.14. The van der Waals surface area contributed by atoms with E-state index in [1.54, 1.807) is 6.20 Å². The molecule has 0 bridgehead atoms. The molecule has 16 heavy (non-hydrogen) atoms. The van der Waals surface area contributed by atoms with Crippen LogP contribution in [-0.2, 0) is 4.79 Å². The van der Waals surface area contributed by atoms with Gasteiger partial charge in [0, 0.05) is 6.20 Å². The second-order valence-corrected chi connectivity index (χ2v) is 4.03. The first-order valence-electron chi connectivity index (χ1n) is 6.39. The summed E-state index contributed by atoms with van der Waals surface area (Å²) in [5.41, 5.74) is 0. The molecule has 0 aromatic carbocycles. The number of carbonyl (C=O) groups excluding carboxylic acids is 1. The maximum Gasteiger partial charge on any atom is 0.247 e. The van der Waals surface area contributed by atoms with Crippen LogP contribution in [0.15, 0.2) is 24.9 Å². The smallest absolute Gasteiger partial charge is 0.247 e. The van der Waals surface area contributed by atoms with E-state index in [9.17, 15) is 4.79 Å². The van der Waals surface area contributed by atoms with E-state index in [4.69, 9.17) is 0 Å². The summed E-state index contributed by atoms with van der Waals surface area (Å²) in [6.45, 7) is 5.62. The maximum absolute atomic E-state index is 10.8. The van der Waals surface area contributed by atoms with Gasteiger partial charge in [0.15, 0.2) is 0 Å². The SMILES string of the molecule is C=CC(=O)NC=CCCCCCCCCC. The second kappa shape index (κ2) is 12.0.